The molecule has 1 unspecified atom stereocenters. The maximum atomic E-state index is 8.83. The lowest BCUT2D eigenvalue weighted by Crippen LogP contribution is -2.36. The van der Waals surface area contributed by atoms with Crippen LogP contribution in [0.1, 0.15) is 25.3 Å². The van der Waals surface area contributed by atoms with Gasteiger partial charge in [-0.1, -0.05) is 0 Å². The zero-order valence-corrected chi connectivity index (χ0v) is 11.0. The van der Waals surface area contributed by atoms with Crippen molar-refractivity contribution in [1.82, 2.24) is 15.1 Å². The van der Waals surface area contributed by atoms with Crippen molar-refractivity contribution < 1.29 is 9.84 Å². The number of nitrogens with one attached hydrogen (secondary N) is 1. The highest BCUT2D eigenvalue weighted by Crippen LogP contribution is 2.18. The number of ether oxygens (including phenoxy) is 1. The summed E-state index contributed by atoms with van der Waals surface area (Å²) in [4.78, 5) is 0. The second kappa shape index (κ2) is 6.87. The van der Waals surface area contributed by atoms with Gasteiger partial charge in [-0.15, -0.1) is 0 Å². The van der Waals surface area contributed by atoms with E-state index in [0.29, 0.717) is 18.5 Å². The van der Waals surface area contributed by atoms with Gasteiger partial charge in [-0.3, -0.25) is 4.68 Å². The van der Waals surface area contributed by atoms with Gasteiger partial charge in [-0.05, 0) is 25.7 Å². The van der Waals surface area contributed by atoms with Gasteiger partial charge in [-0.2, -0.15) is 5.10 Å². The monoisotopic (exact) mass is 253 g/mol. The van der Waals surface area contributed by atoms with E-state index < -0.39 is 0 Å². The van der Waals surface area contributed by atoms with Crippen molar-refractivity contribution in [2.24, 2.45) is 5.92 Å². The van der Waals surface area contributed by atoms with Gasteiger partial charge in [0.25, 0.3) is 0 Å². The van der Waals surface area contributed by atoms with E-state index in [1.165, 1.54) is 5.56 Å². The van der Waals surface area contributed by atoms with Crippen molar-refractivity contribution in [3.05, 3.63) is 18.0 Å². The molecule has 2 N–H and O–H groups in total. The van der Waals surface area contributed by atoms with Crippen LogP contribution in [0.25, 0.3) is 0 Å². The van der Waals surface area contributed by atoms with E-state index in [0.717, 1.165) is 32.6 Å². The van der Waals surface area contributed by atoms with Crippen molar-refractivity contribution in [3.8, 4) is 0 Å². The third-order valence-electron chi connectivity index (χ3n) is 3.62. The second-order valence-electron chi connectivity index (χ2n) is 4.95. The van der Waals surface area contributed by atoms with Crippen LogP contribution in [-0.4, -0.2) is 40.7 Å². The molecule has 5 nitrogen and oxygen atoms in total. The van der Waals surface area contributed by atoms with Crippen LogP contribution in [-0.2, 0) is 17.8 Å². The molecule has 1 aromatic rings. The fourth-order valence-corrected chi connectivity index (χ4v) is 2.38. The average Bonchev–Trinajstić information content (AvgIpc) is 2.85. The fourth-order valence-electron chi connectivity index (χ4n) is 2.38. The van der Waals surface area contributed by atoms with E-state index in [2.05, 4.69) is 17.3 Å². The number of aliphatic hydroxyl groups excluding tert-OH is 1. The highest BCUT2D eigenvalue weighted by molar-refractivity contribution is 5.03. The summed E-state index contributed by atoms with van der Waals surface area (Å²) in [6.45, 7) is 5.57. The molecule has 1 atom stereocenters. The van der Waals surface area contributed by atoms with Crippen LogP contribution in [0.15, 0.2) is 12.4 Å². The van der Waals surface area contributed by atoms with Crippen molar-refractivity contribution >= 4 is 0 Å². The van der Waals surface area contributed by atoms with Gasteiger partial charge >= 0.3 is 0 Å². The highest BCUT2D eigenvalue weighted by Gasteiger charge is 2.19. The molecule has 1 fully saturated rings. The topological polar surface area (TPSA) is 59.3 Å². The van der Waals surface area contributed by atoms with Crippen LogP contribution in [0.4, 0.5) is 0 Å². The summed E-state index contributed by atoms with van der Waals surface area (Å²) in [5.41, 5.74) is 1.17. The lowest BCUT2D eigenvalue weighted by Gasteiger charge is -2.28. The Hall–Kier alpha value is -0.910. The summed E-state index contributed by atoms with van der Waals surface area (Å²) in [5, 5.41) is 16.6. The summed E-state index contributed by atoms with van der Waals surface area (Å²) in [5.74, 6) is 0.714. The third kappa shape index (κ3) is 3.80. The molecule has 0 aliphatic carbocycles. The highest BCUT2D eigenvalue weighted by atomic mass is 16.5. The molecule has 2 heterocycles. The Morgan fingerprint density at radius 1 is 1.56 bits per heavy atom. The fraction of sp³-hybridized carbons (Fsp3) is 0.769. The molecular formula is C13H23N3O2. The zero-order valence-electron chi connectivity index (χ0n) is 11.0. The van der Waals surface area contributed by atoms with Crippen LogP contribution < -0.4 is 5.32 Å². The molecule has 2 rings (SSSR count). The maximum absolute atomic E-state index is 8.83. The molecule has 5 heteroatoms. The molecule has 0 spiro atoms. The van der Waals surface area contributed by atoms with Gasteiger partial charge < -0.3 is 15.2 Å². The summed E-state index contributed by atoms with van der Waals surface area (Å²) in [6.07, 6.45) is 6.15. The third-order valence-corrected chi connectivity index (χ3v) is 3.62. The van der Waals surface area contributed by atoms with E-state index in [-0.39, 0.29) is 6.61 Å². The Morgan fingerprint density at radius 2 is 2.33 bits per heavy atom. The number of aromatic nitrogens is 2. The first-order chi connectivity index (χ1) is 8.79. The molecule has 0 aromatic carbocycles. The molecule has 18 heavy (non-hydrogen) atoms. The van der Waals surface area contributed by atoms with Gasteiger partial charge in [0.15, 0.2) is 0 Å². The van der Waals surface area contributed by atoms with E-state index in [4.69, 9.17) is 9.84 Å². The van der Waals surface area contributed by atoms with Gasteiger partial charge in [-0.25, -0.2) is 0 Å². The number of aliphatic hydroxyl groups is 1. The number of hydrogen-bond acceptors (Lipinski definition) is 4. The molecule has 102 valence electrons. The zero-order chi connectivity index (χ0) is 12.8. The van der Waals surface area contributed by atoms with E-state index in [1.54, 1.807) is 4.68 Å². The van der Waals surface area contributed by atoms with Gasteiger partial charge in [0.1, 0.15) is 0 Å². The molecule has 1 aromatic heterocycles. The standard InChI is InChI=1S/C13H23N3O2/c1-11(13-2-6-18-7-3-13)14-8-12-9-15-16(10-12)4-5-17/h9-11,13-14,17H,2-8H2,1H3. The summed E-state index contributed by atoms with van der Waals surface area (Å²) in [7, 11) is 0. The summed E-state index contributed by atoms with van der Waals surface area (Å²) in [6, 6.07) is 0.509. The maximum Gasteiger partial charge on any atom is 0.0640 e. The molecule has 1 aliphatic heterocycles. The van der Waals surface area contributed by atoms with Gasteiger partial charge in [0.2, 0.25) is 0 Å². The molecule has 0 saturated carbocycles. The Balaban J connectivity index is 1.75. The minimum Gasteiger partial charge on any atom is -0.394 e. The minimum absolute atomic E-state index is 0.132. The predicted octanol–water partition coefficient (Wildman–Crippen LogP) is 0.780. The first kappa shape index (κ1) is 13.5. The molecule has 1 saturated heterocycles. The molecule has 0 amide bonds. The van der Waals surface area contributed by atoms with E-state index in [9.17, 15) is 0 Å². The molecule has 1 aliphatic rings. The van der Waals surface area contributed by atoms with Crippen LogP contribution in [0.3, 0.4) is 0 Å². The van der Waals surface area contributed by atoms with E-state index in [1.807, 2.05) is 12.4 Å². The molecule has 0 bridgehead atoms. The van der Waals surface area contributed by atoms with Crippen molar-refractivity contribution in [2.45, 2.75) is 38.9 Å². The Bertz CT molecular complexity index is 348. The average molecular weight is 253 g/mol. The molecular weight excluding hydrogens is 230 g/mol. The lowest BCUT2D eigenvalue weighted by atomic mass is 9.93. The number of hydrogen-bond donors (Lipinski definition) is 2. The predicted molar refractivity (Wildman–Crippen MR) is 69.2 cm³/mol. The minimum atomic E-state index is 0.132. The van der Waals surface area contributed by atoms with Crippen LogP contribution in [0, 0.1) is 5.92 Å². The lowest BCUT2D eigenvalue weighted by molar-refractivity contribution is 0.0558. The Kier molecular flexibility index (Phi) is 5.16. The van der Waals surface area contributed by atoms with Crippen LogP contribution in [0.5, 0.6) is 0 Å². The first-order valence-corrected chi connectivity index (χ1v) is 6.73. The summed E-state index contributed by atoms with van der Waals surface area (Å²) < 4.78 is 7.15. The number of nitrogens with zero attached hydrogens (tertiary/aromatic N) is 2. The van der Waals surface area contributed by atoms with E-state index >= 15 is 0 Å². The Morgan fingerprint density at radius 3 is 3.06 bits per heavy atom. The largest absolute Gasteiger partial charge is 0.394 e. The van der Waals surface area contributed by atoms with Crippen molar-refractivity contribution in [2.75, 3.05) is 19.8 Å². The van der Waals surface area contributed by atoms with Crippen LogP contribution >= 0.6 is 0 Å². The van der Waals surface area contributed by atoms with Crippen molar-refractivity contribution in [1.29, 1.82) is 0 Å². The van der Waals surface area contributed by atoms with Crippen molar-refractivity contribution in [3.63, 3.8) is 0 Å². The number of rotatable bonds is 6. The second-order valence-corrected chi connectivity index (χ2v) is 4.95. The van der Waals surface area contributed by atoms with Gasteiger partial charge in [0, 0.05) is 37.6 Å². The quantitative estimate of drug-likeness (QED) is 0.786. The summed E-state index contributed by atoms with van der Waals surface area (Å²) >= 11 is 0. The SMILES string of the molecule is CC(NCc1cnn(CCO)c1)C1CCOCC1. The normalized spacial score (nSPS) is 19.0. The van der Waals surface area contributed by atoms with Gasteiger partial charge in [0.05, 0.1) is 19.3 Å². The smallest absolute Gasteiger partial charge is 0.0640 e. The first-order valence-electron chi connectivity index (χ1n) is 6.73. The van der Waals surface area contributed by atoms with Crippen LogP contribution in [0.2, 0.25) is 0 Å². The molecule has 0 radical (unpaired) electrons. The Labute approximate surface area is 108 Å².